The van der Waals surface area contributed by atoms with Gasteiger partial charge in [-0.2, -0.15) is 0 Å². The highest BCUT2D eigenvalue weighted by Crippen LogP contribution is 2.35. The summed E-state index contributed by atoms with van der Waals surface area (Å²) in [6, 6.07) is 0. The number of nitrogens with zero attached hydrogens (tertiary/aromatic N) is 2. The summed E-state index contributed by atoms with van der Waals surface area (Å²) in [6.45, 7) is 8.93. The molecule has 0 aromatic carbocycles. The van der Waals surface area contributed by atoms with E-state index >= 15 is 0 Å². The topological polar surface area (TPSA) is 69.1 Å². The van der Waals surface area contributed by atoms with Crippen LogP contribution in [0.25, 0.3) is 0 Å². The lowest BCUT2D eigenvalue weighted by molar-refractivity contribution is 0.0368. The first kappa shape index (κ1) is 25.1. The van der Waals surface area contributed by atoms with Crippen LogP contribution in [0.4, 0.5) is 0 Å². The van der Waals surface area contributed by atoms with Gasteiger partial charge in [0.25, 0.3) is 0 Å². The first-order valence-electron chi connectivity index (χ1n) is 11.7. The molecule has 2 saturated heterocycles. The van der Waals surface area contributed by atoms with Gasteiger partial charge in [0.2, 0.25) is 0 Å². The standard InChI is InChI=1S/C22H42N4O2.HI/c1-2-23-20(24-17-21(11-15-27)12-16-28-19-21)25-18-22(9-5-3-6-10-22)26-13-7-4-8-14-26;/h27H,2-19H2,1H3,(H2,23,24,25);1H. The van der Waals surface area contributed by atoms with Gasteiger partial charge in [0.05, 0.1) is 13.2 Å². The van der Waals surface area contributed by atoms with Crippen LogP contribution in [0.15, 0.2) is 4.99 Å². The molecular formula is C22H43IN4O2. The Hall–Kier alpha value is -0.120. The number of hydrogen-bond donors (Lipinski definition) is 3. The molecule has 0 radical (unpaired) electrons. The number of aliphatic hydroxyl groups is 1. The summed E-state index contributed by atoms with van der Waals surface area (Å²) in [5.41, 5.74) is 0.306. The van der Waals surface area contributed by atoms with Gasteiger partial charge < -0.3 is 20.5 Å². The fraction of sp³-hybridized carbons (Fsp3) is 0.955. The highest BCUT2D eigenvalue weighted by molar-refractivity contribution is 14.0. The van der Waals surface area contributed by atoms with E-state index in [0.717, 1.165) is 45.0 Å². The second-order valence-electron chi connectivity index (χ2n) is 9.16. The molecule has 6 nitrogen and oxygen atoms in total. The highest BCUT2D eigenvalue weighted by Gasteiger charge is 2.38. The zero-order chi connectivity index (χ0) is 19.7. The first-order valence-corrected chi connectivity index (χ1v) is 11.7. The van der Waals surface area contributed by atoms with Crippen LogP contribution in [0.5, 0.6) is 0 Å². The van der Waals surface area contributed by atoms with Crippen molar-refractivity contribution in [1.29, 1.82) is 0 Å². The predicted molar refractivity (Wildman–Crippen MR) is 130 cm³/mol. The van der Waals surface area contributed by atoms with Crippen molar-refractivity contribution in [3.05, 3.63) is 0 Å². The average Bonchev–Trinajstić information content (AvgIpc) is 3.20. The minimum Gasteiger partial charge on any atom is -0.396 e. The fourth-order valence-electron chi connectivity index (χ4n) is 5.31. The second kappa shape index (κ2) is 12.7. The number of halogens is 1. The Morgan fingerprint density at radius 1 is 1.03 bits per heavy atom. The number of piperidine rings is 1. The maximum absolute atomic E-state index is 9.47. The molecule has 2 aliphatic heterocycles. The number of nitrogens with one attached hydrogen (secondary N) is 2. The van der Waals surface area contributed by atoms with Crippen LogP contribution in [0.3, 0.4) is 0 Å². The summed E-state index contributed by atoms with van der Waals surface area (Å²) in [5, 5.41) is 16.6. The van der Waals surface area contributed by atoms with Gasteiger partial charge >= 0.3 is 0 Å². The number of guanidine groups is 1. The molecule has 0 bridgehead atoms. The zero-order valence-corrected chi connectivity index (χ0v) is 20.7. The molecule has 1 saturated carbocycles. The van der Waals surface area contributed by atoms with Gasteiger partial charge in [-0.15, -0.1) is 24.0 Å². The van der Waals surface area contributed by atoms with Crippen molar-refractivity contribution in [2.45, 2.75) is 76.7 Å². The Kier molecular flexibility index (Phi) is 11.0. The van der Waals surface area contributed by atoms with E-state index in [0.29, 0.717) is 12.1 Å². The van der Waals surface area contributed by atoms with E-state index in [1.165, 1.54) is 64.5 Å². The largest absolute Gasteiger partial charge is 0.396 e. The lowest BCUT2D eigenvalue weighted by Gasteiger charge is -2.48. The third kappa shape index (κ3) is 6.94. The number of hydrogen-bond acceptors (Lipinski definition) is 4. The molecule has 7 heteroatoms. The van der Waals surface area contributed by atoms with Crippen LogP contribution >= 0.6 is 24.0 Å². The zero-order valence-electron chi connectivity index (χ0n) is 18.4. The van der Waals surface area contributed by atoms with Crippen molar-refractivity contribution in [2.24, 2.45) is 10.4 Å². The SMILES string of the molecule is CCNC(=NCC1(CCO)CCOC1)NCC1(N2CCCCC2)CCCCC1.I. The van der Waals surface area contributed by atoms with E-state index in [2.05, 4.69) is 22.5 Å². The molecule has 1 unspecified atom stereocenters. The third-order valence-electron chi connectivity index (χ3n) is 7.14. The van der Waals surface area contributed by atoms with E-state index in [1.807, 2.05) is 0 Å². The van der Waals surface area contributed by atoms with Crippen LogP contribution in [-0.2, 0) is 4.74 Å². The van der Waals surface area contributed by atoms with Crippen molar-refractivity contribution in [1.82, 2.24) is 15.5 Å². The number of rotatable bonds is 8. The summed E-state index contributed by atoms with van der Waals surface area (Å²) in [5.74, 6) is 0.925. The molecule has 3 fully saturated rings. The lowest BCUT2D eigenvalue weighted by Crippen LogP contribution is -2.59. The molecule has 3 N–H and O–H groups in total. The van der Waals surface area contributed by atoms with Gasteiger partial charge in [-0.1, -0.05) is 25.7 Å². The minimum atomic E-state index is 0. The summed E-state index contributed by atoms with van der Waals surface area (Å²) in [6.07, 6.45) is 12.5. The Balaban J connectivity index is 0.00000300. The molecule has 0 amide bonds. The Morgan fingerprint density at radius 3 is 2.38 bits per heavy atom. The van der Waals surface area contributed by atoms with Gasteiger partial charge in [-0.05, 0) is 58.5 Å². The molecule has 2 heterocycles. The quantitative estimate of drug-likeness (QED) is 0.260. The summed E-state index contributed by atoms with van der Waals surface area (Å²) >= 11 is 0. The Bertz CT molecular complexity index is 485. The summed E-state index contributed by atoms with van der Waals surface area (Å²) < 4.78 is 5.63. The minimum absolute atomic E-state index is 0. The van der Waals surface area contributed by atoms with E-state index in [4.69, 9.17) is 9.73 Å². The molecule has 3 aliphatic rings. The third-order valence-corrected chi connectivity index (χ3v) is 7.14. The van der Waals surface area contributed by atoms with Crippen LogP contribution in [0.1, 0.15) is 71.1 Å². The molecule has 0 aromatic heterocycles. The molecule has 170 valence electrons. The van der Waals surface area contributed by atoms with Gasteiger partial charge in [0.15, 0.2) is 5.96 Å². The van der Waals surface area contributed by atoms with Crippen LogP contribution in [0.2, 0.25) is 0 Å². The second-order valence-corrected chi connectivity index (χ2v) is 9.16. The van der Waals surface area contributed by atoms with Crippen molar-refractivity contribution in [3.63, 3.8) is 0 Å². The van der Waals surface area contributed by atoms with E-state index in [1.54, 1.807) is 0 Å². The van der Waals surface area contributed by atoms with E-state index in [-0.39, 0.29) is 36.0 Å². The van der Waals surface area contributed by atoms with Gasteiger partial charge in [-0.25, -0.2) is 0 Å². The number of likely N-dealkylation sites (tertiary alicyclic amines) is 1. The fourth-order valence-corrected chi connectivity index (χ4v) is 5.31. The van der Waals surface area contributed by atoms with Gasteiger partial charge in [-0.3, -0.25) is 9.89 Å². The lowest BCUT2D eigenvalue weighted by atomic mass is 9.79. The first-order chi connectivity index (χ1) is 13.7. The Labute approximate surface area is 194 Å². The van der Waals surface area contributed by atoms with Crippen molar-refractivity contribution >= 4 is 29.9 Å². The maximum atomic E-state index is 9.47. The molecular weight excluding hydrogens is 479 g/mol. The highest BCUT2D eigenvalue weighted by atomic mass is 127. The van der Waals surface area contributed by atoms with E-state index < -0.39 is 0 Å². The summed E-state index contributed by atoms with van der Waals surface area (Å²) in [7, 11) is 0. The molecule has 1 atom stereocenters. The monoisotopic (exact) mass is 522 g/mol. The van der Waals surface area contributed by atoms with Crippen LogP contribution in [-0.4, -0.2) is 74.0 Å². The van der Waals surface area contributed by atoms with Crippen molar-refractivity contribution in [3.8, 4) is 0 Å². The molecule has 1 aliphatic carbocycles. The average molecular weight is 523 g/mol. The van der Waals surface area contributed by atoms with Crippen molar-refractivity contribution in [2.75, 3.05) is 52.5 Å². The van der Waals surface area contributed by atoms with Gasteiger partial charge in [0.1, 0.15) is 0 Å². The van der Waals surface area contributed by atoms with Crippen molar-refractivity contribution < 1.29 is 9.84 Å². The molecule has 0 spiro atoms. The summed E-state index contributed by atoms with van der Waals surface area (Å²) in [4.78, 5) is 7.71. The van der Waals surface area contributed by atoms with E-state index in [9.17, 15) is 5.11 Å². The number of ether oxygens (including phenoxy) is 1. The number of aliphatic hydroxyl groups excluding tert-OH is 1. The molecule has 29 heavy (non-hydrogen) atoms. The maximum Gasteiger partial charge on any atom is 0.191 e. The van der Waals surface area contributed by atoms with Crippen LogP contribution in [0, 0.1) is 5.41 Å². The molecule has 3 rings (SSSR count). The normalized spacial score (nSPS) is 28.0. The smallest absolute Gasteiger partial charge is 0.191 e. The Morgan fingerprint density at radius 2 is 1.76 bits per heavy atom. The molecule has 0 aromatic rings. The number of aliphatic imine (C=N–C) groups is 1. The van der Waals surface area contributed by atoms with Gasteiger partial charge in [0, 0.05) is 37.3 Å². The predicted octanol–water partition coefficient (Wildman–Crippen LogP) is 3.14. The van der Waals surface area contributed by atoms with Crippen LogP contribution < -0.4 is 10.6 Å².